The van der Waals surface area contributed by atoms with E-state index in [-0.39, 0.29) is 61.1 Å². The van der Waals surface area contributed by atoms with E-state index in [0.717, 1.165) is 12.8 Å². The molecule has 3 fully saturated rings. The number of nitrogens with zero attached hydrogens (tertiary/aromatic N) is 7. The van der Waals surface area contributed by atoms with Gasteiger partial charge >= 0.3 is 6.18 Å². The number of amides is 2. The molecule has 2 N–H and O–H groups in total. The lowest BCUT2D eigenvalue weighted by molar-refractivity contribution is -0.156. The number of ether oxygens (including phenoxy) is 1. The summed E-state index contributed by atoms with van der Waals surface area (Å²) in [7, 11) is 1.24. The molecule has 4 atom stereocenters. The van der Waals surface area contributed by atoms with Crippen molar-refractivity contribution in [2.24, 2.45) is 11.3 Å². The van der Waals surface area contributed by atoms with Gasteiger partial charge < -0.3 is 19.8 Å². The lowest BCUT2D eigenvalue weighted by Crippen LogP contribution is -2.41. The molecule has 0 spiro atoms. The van der Waals surface area contributed by atoms with Crippen LogP contribution in [0.3, 0.4) is 0 Å². The molecule has 2 aliphatic carbocycles. The van der Waals surface area contributed by atoms with Crippen LogP contribution in [0.1, 0.15) is 102 Å². The number of methoxy groups -OCH3 is 1. The maximum atomic E-state index is 14.1. The lowest BCUT2D eigenvalue weighted by atomic mass is 9.74. The summed E-state index contributed by atoms with van der Waals surface area (Å²) in [5.41, 5.74) is -0.424. The molecule has 1 aliphatic heterocycles. The predicted octanol–water partition coefficient (Wildman–Crippen LogP) is 4.35. The number of alkyl halides is 5. The number of fused-ring (bicyclic) bond motifs is 1. The van der Waals surface area contributed by atoms with Crippen LogP contribution in [0.5, 0.6) is 0 Å². The Balaban J connectivity index is 1.21. The molecule has 262 valence electrons. The molecule has 2 amide bonds. The maximum absolute atomic E-state index is 14.1. The average Bonchev–Trinajstić information content (AvgIpc) is 3.35. The first-order valence-electron chi connectivity index (χ1n) is 15.8. The minimum absolute atomic E-state index is 0.0271. The van der Waals surface area contributed by atoms with E-state index < -0.39 is 59.9 Å². The molecular formula is C30H32F5N9O5. The highest BCUT2D eigenvalue weighted by atomic mass is 19.4. The minimum atomic E-state index is -4.73. The highest BCUT2D eigenvalue weighted by Crippen LogP contribution is 2.49. The third-order valence-corrected chi connectivity index (χ3v) is 9.67. The second-order valence-electron chi connectivity index (χ2n) is 13.1. The highest BCUT2D eigenvalue weighted by Gasteiger charge is 2.60. The molecule has 14 nitrogen and oxygen atoms in total. The van der Waals surface area contributed by atoms with E-state index in [4.69, 9.17) is 13.8 Å². The Morgan fingerprint density at radius 2 is 1.94 bits per heavy atom. The standard InChI is InChI=1S/C30H32F5N9O5/c1-14-40-41-26(48-14)24(47-2)28(11-19(30(33,34)35)38-27(28)46)10-15-9-20-37-18(13-44(20)36-12-15)21(17-5-7-29(31,32)8-6-17)39-25(45)23-22(16-3-4-16)42-49-43-23/h9,12-13,16-17,19,21,24H,3-8,10-11H2,1-2H3,(H,38,46)(H,39,45)/t19-,21-,24-,28-/m0/s1. The normalized spacial score (nSPS) is 24.2. The molecule has 7 rings (SSSR count). The summed E-state index contributed by atoms with van der Waals surface area (Å²) in [5.74, 6) is -4.66. The number of carbonyl (C=O) groups is 2. The Labute approximate surface area is 274 Å². The fourth-order valence-electron chi connectivity index (χ4n) is 7.02. The zero-order valence-electron chi connectivity index (χ0n) is 26.3. The highest BCUT2D eigenvalue weighted by molar-refractivity contribution is 5.93. The van der Waals surface area contributed by atoms with Gasteiger partial charge in [0.15, 0.2) is 11.3 Å². The molecular weight excluding hydrogens is 661 g/mol. The van der Waals surface area contributed by atoms with E-state index >= 15 is 0 Å². The maximum Gasteiger partial charge on any atom is 0.408 e. The Morgan fingerprint density at radius 1 is 1.18 bits per heavy atom. The van der Waals surface area contributed by atoms with Gasteiger partial charge in [-0.15, -0.1) is 10.2 Å². The van der Waals surface area contributed by atoms with Gasteiger partial charge in [0.1, 0.15) is 17.8 Å². The summed E-state index contributed by atoms with van der Waals surface area (Å²) >= 11 is 0. The minimum Gasteiger partial charge on any atom is -0.423 e. The Bertz CT molecular complexity index is 1860. The average molecular weight is 694 g/mol. The van der Waals surface area contributed by atoms with Gasteiger partial charge in [0.2, 0.25) is 23.6 Å². The van der Waals surface area contributed by atoms with Crippen molar-refractivity contribution in [2.75, 3.05) is 7.11 Å². The van der Waals surface area contributed by atoms with Gasteiger partial charge in [0.05, 0.1) is 29.5 Å². The summed E-state index contributed by atoms with van der Waals surface area (Å²) in [6, 6.07) is -1.40. The van der Waals surface area contributed by atoms with Crippen molar-refractivity contribution in [3.63, 3.8) is 0 Å². The van der Waals surface area contributed by atoms with Crippen molar-refractivity contribution in [2.45, 2.75) is 94.5 Å². The molecule has 0 radical (unpaired) electrons. The van der Waals surface area contributed by atoms with Gasteiger partial charge in [0, 0.05) is 32.8 Å². The zero-order chi connectivity index (χ0) is 34.7. The van der Waals surface area contributed by atoms with E-state index in [9.17, 15) is 31.5 Å². The summed E-state index contributed by atoms with van der Waals surface area (Å²) < 4.78 is 87.3. The second-order valence-corrected chi connectivity index (χ2v) is 13.1. The molecule has 2 saturated carbocycles. The number of imidazole rings is 1. The molecule has 19 heteroatoms. The van der Waals surface area contributed by atoms with Crippen LogP contribution in [0.2, 0.25) is 0 Å². The second kappa shape index (κ2) is 12.1. The van der Waals surface area contributed by atoms with Gasteiger partial charge in [-0.25, -0.2) is 22.9 Å². The smallest absolute Gasteiger partial charge is 0.408 e. The number of rotatable bonds is 10. The molecule has 4 aromatic rings. The number of halogens is 5. The van der Waals surface area contributed by atoms with Crippen molar-refractivity contribution < 1.29 is 45.3 Å². The number of carbonyl (C=O) groups excluding carboxylic acids is 2. The van der Waals surface area contributed by atoms with Crippen molar-refractivity contribution in [3.8, 4) is 0 Å². The van der Waals surface area contributed by atoms with Crippen molar-refractivity contribution >= 4 is 17.5 Å². The molecule has 5 heterocycles. The fourth-order valence-corrected chi connectivity index (χ4v) is 7.02. The van der Waals surface area contributed by atoms with Crippen LogP contribution in [-0.4, -0.2) is 72.2 Å². The van der Waals surface area contributed by atoms with Gasteiger partial charge in [-0.1, -0.05) is 5.16 Å². The predicted molar refractivity (Wildman–Crippen MR) is 154 cm³/mol. The SMILES string of the molecule is CO[C@@H](c1nnc(C)o1)[C@]1(Cc2cnn3cc([C@@H](NC(=O)c4nonc4C4CC4)C4CCC(F)(F)CC4)nc3c2)C[C@@H](C(F)(F)F)NC1=O. The molecule has 1 saturated heterocycles. The Hall–Kier alpha value is -4.55. The Morgan fingerprint density at radius 3 is 2.57 bits per heavy atom. The van der Waals surface area contributed by atoms with Crippen LogP contribution in [0, 0.1) is 18.3 Å². The summed E-state index contributed by atoms with van der Waals surface area (Å²) in [5, 5.41) is 24.7. The number of hydrogen-bond acceptors (Lipinski definition) is 11. The molecule has 49 heavy (non-hydrogen) atoms. The quantitative estimate of drug-likeness (QED) is 0.226. The van der Waals surface area contributed by atoms with E-state index in [1.165, 1.54) is 24.7 Å². The first-order valence-corrected chi connectivity index (χ1v) is 15.8. The lowest BCUT2D eigenvalue weighted by Gasteiger charge is -2.33. The largest absolute Gasteiger partial charge is 0.423 e. The van der Waals surface area contributed by atoms with Gasteiger partial charge in [0.25, 0.3) is 5.91 Å². The van der Waals surface area contributed by atoms with E-state index in [2.05, 4.69) is 41.2 Å². The molecule has 0 unspecified atom stereocenters. The van der Waals surface area contributed by atoms with Gasteiger partial charge in [-0.2, -0.15) is 18.3 Å². The van der Waals surface area contributed by atoms with Crippen LogP contribution >= 0.6 is 0 Å². The number of aromatic nitrogens is 7. The zero-order valence-corrected chi connectivity index (χ0v) is 26.3. The fraction of sp³-hybridized carbons (Fsp3) is 0.600. The first kappa shape index (κ1) is 33.0. The Kier molecular flexibility index (Phi) is 8.14. The number of aryl methyl sites for hydroxylation is 1. The first-order chi connectivity index (χ1) is 23.3. The monoisotopic (exact) mass is 693 g/mol. The third kappa shape index (κ3) is 6.35. The van der Waals surface area contributed by atoms with Gasteiger partial charge in [-0.05, 0) is 61.2 Å². The number of hydrogen-bond donors (Lipinski definition) is 2. The molecule has 0 bridgehead atoms. The topological polar surface area (TPSA) is 175 Å². The molecule has 4 aromatic heterocycles. The van der Waals surface area contributed by atoms with Crippen LogP contribution in [0.4, 0.5) is 22.0 Å². The molecule has 3 aliphatic rings. The van der Waals surface area contributed by atoms with Crippen LogP contribution in [-0.2, 0) is 16.0 Å². The summed E-state index contributed by atoms with van der Waals surface area (Å²) in [6.07, 6.45) is -2.87. The van der Waals surface area contributed by atoms with Crippen LogP contribution in [0.25, 0.3) is 5.65 Å². The van der Waals surface area contributed by atoms with Gasteiger partial charge in [-0.3, -0.25) is 9.59 Å². The van der Waals surface area contributed by atoms with Crippen molar-refractivity contribution in [1.82, 2.24) is 45.7 Å². The summed E-state index contributed by atoms with van der Waals surface area (Å²) in [4.78, 5) is 31.6. The van der Waals surface area contributed by atoms with Crippen LogP contribution in [0.15, 0.2) is 27.5 Å². The summed E-state index contributed by atoms with van der Waals surface area (Å²) in [6.45, 7) is 1.50. The van der Waals surface area contributed by atoms with E-state index in [1.54, 1.807) is 12.3 Å². The van der Waals surface area contributed by atoms with E-state index in [0.29, 0.717) is 17.0 Å². The number of nitrogens with one attached hydrogen (secondary N) is 2. The van der Waals surface area contributed by atoms with E-state index in [1.807, 2.05) is 0 Å². The van der Waals surface area contributed by atoms with Crippen molar-refractivity contribution in [1.29, 1.82) is 0 Å². The van der Waals surface area contributed by atoms with Crippen LogP contribution < -0.4 is 10.6 Å². The third-order valence-electron chi connectivity index (χ3n) is 9.67. The van der Waals surface area contributed by atoms with Crippen molar-refractivity contribution in [3.05, 3.63) is 52.9 Å². The molecule has 0 aromatic carbocycles.